The highest BCUT2D eigenvalue weighted by atomic mass is 79.9. The molecule has 1 unspecified atom stereocenters. The summed E-state index contributed by atoms with van der Waals surface area (Å²) >= 11 is 16.0. The number of fused-ring (bicyclic) bond motifs is 1. The molecule has 13 nitrogen and oxygen atoms in total. The van der Waals surface area contributed by atoms with Crippen LogP contribution < -0.4 is 15.5 Å². The van der Waals surface area contributed by atoms with Crippen LogP contribution >= 0.6 is 39.1 Å². The van der Waals surface area contributed by atoms with Crippen LogP contribution in [-0.4, -0.2) is 83.1 Å². The normalized spacial score (nSPS) is 22.3. The number of hydrogen-bond donors (Lipinski definition) is 2. The molecular weight excluding hydrogens is 713 g/mol. The van der Waals surface area contributed by atoms with Crippen molar-refractivity contribution >= 4 is 84.5 Å². The third kappa shape index (κ3) is 5.71. The van der Waals surface area contributed by atoms with E-state index in [0.717, 1.165) is 10.0 Å². The van der Waals surface area contributed by atoms with Crippen LogP contribution in [0.15, 0.2) is 58.2 Å². The molecule has 3 aliphatic heterocycles. The van der Waals surface area contributed by atoms with E-state index in [4.69, 9.17) is 23.2 Å². The molecule has 1 aromatic heterocycles. The lowest BCUT2D eigenvalue weighted by molar-refractivity contribution is -0.137. The number of nitrogens with zero attached hydrogens (tertiary/aromatic N) is 5. The fourth-order valence-electron chi connectivity index (χ4n) is 5.87. The average molecular weight is 739 g/mol. The van der Waals surface area contributed by atoms with Gasteiger partial charge in [-0.05, 0) is 42.8 Å². The van der Waals surface area contributed by atoms with Crippen molar-refractivity contribution in [2.24, 2.45) is 0 Å². The van der Waals surface area contributed by atoms with Gasteiger partial charge in [0.1, 0.15) is 11.6 Å². The van der Waals surface area contributed by atoms with E-state index in [1.54, 1.807) is 19.1 Å². The lowest BCUT2D eigenvalue weighted by Gasteiger charge is -2.36. The Hall–Kier alpha value is -3.50. The van der Waals surface area contributed by atoms with E-state index in [9.17, 15) is 27.6 Å². The van der Waals surface area contributed by atoms with Crippen molar-refractivity contribution in [1.82, 2.24) is 29.4 Å². The van der Waals surface area contributed by atoms with Crippen molar-refractivity contribution < 1.29 is 27.6 Å². The summed E-state index contributed by atoms with van der Waals surface area (Å²) in [5, 5.41) is 4.91. The van der Waals surface area contributed by atoms with Gasteiger partial charge in [-0.3, -0.25) is 24.3 Å². The number of urea groups is 1. The number of carbonyl (C=O) groups is 4. The molecule has 2 fully saturated rings. The number of aromatic nitrogens is 2. The third-order valence-corrected chi connectivity index (χ3v) is 10.9. The van der Waals surface area contributed by atoms with Crippen molar-refractivity contribution in [3.8, 4) is 0 Å². The van der Waals surface area contributed by atoms with Crippen molar-refractivity contribution in [3.05, 3.63) is 68.7 Å². The Labute approximate surface area is 276 Å². The topological polar surface area (TPSA) is 154 Å². The summed E-state index contributed by atoms with van der Waals surface area (Å²) in [4.78, 5) is 57.9. The molecule has 3 aromatic rings. The first kappa shape index (κ1) is 31.5. The van der Waals surface area contributed by atoms with E-state index in [1.165, 1.54) is 30.9 Å². The fourth-order valence-corrected chi connectivity index (χ4v) is 8.26. The van der Waals surface area contributed by atoms with Gasteiger partial charge in [-0.15, -0.1) is 0 Å². The zero-order valence-corrected chi connectivity index (χ0v) is 27.6. The number of piperazine rings is 1. The Bertz CT molecular complexity index is 1810. The molecule has 0 saturated carbocycles. The van der Waals surface area contributed by atoms with Crippen LogP contribution in [0.4, 0.5) is 16.4 Å². The number of sulfonamides is 1. The number of halogens is 3. The van der Waals surface area contributed by atoms with E-state index in [2.05, 4.69) is 31.5 Å². The largest absolute Gasteiger partial charge is 0.338 e. The van der Waals surface area contributed by atoms with Gasteiger partial charge in [0.15, 0.2) is 5.03 Å². The van der Waals surface area contributed by atoms with Gasteiger partial charge in [-0.25, -0.2) is 23.1 Å². The highest BCUT2D eigenvalue weighted by Gasteiger charge is 2.52. The second kappa shape index (κ2) is 11.7. The number of amides is 5. The zero-order chi connectivity index (χ0) is 32.3. The van der Waals surface area contributed by atoms with Crippen LogP contribution in [0.2, 0.25) is 10.0 Å². The molecule has 6 rings (SSSR count). The lowest BCUT2D eigenvalue weighted by Crippen LogP contribution is -2.60. The van der Waals surface area contributed by atoms with E-state index < -0.39 is 45.4 Å². The molecule has 0 radical (unpaired) electrons. The number of nitrogens with one attached hydrogen (secondary N) is 2. The molecule has 2 N–H and O–H groups in total. The SMILES string of the molecule is C[C@@]1(Cc2ccc(Br)cc2)C(=O)N(c2cc(Cl)cc(Cl)c2)c2ncc(S(=O)(=O)N3CCN(C(=O)C4CC(=O)NC(=O)N4)CC3)n21. The van der Waals surface area contributed by atoms with Gasteiger partial charge in [0.05, 0.1) is 18.3 Å². The van der Waals surface area contributed by atoms with Crippen LogP contribution in [0.5, 0.6) is 0 Å². The predicted molar refractivity (Wildman–Crippen MR) is 168 cm³/mol. The van der Waals surface area contributed by atoms with Gasteiger partial charge in [0.2, 0.25) is 17.8 Å². The average Bonchev–Trinajstić information content (AvgIpc) is 3.51. The summed E-state index contributed by atoms with van der Waals surface area (Å²) in [6.45, 7) is 1.64. The van der Waals surface area contributed by atoms with Gasteiger partial charge < -0.3 is 10.2 Å². The van der Waals surface area contributed by atoms with E-state index in [0.29, 0.717) is 15.7 Å². The second-order valence-electron chi connectivity index (χ2n) is 11.1. The number of anilines is 2. The summed E-state index contributed by atoms with van der Waals surface area (Å²) in [6.07, 6.45) is 1.17. The Morgan fingerprint density at radius 2 is 1.69 bits per heavy atom. The maximum atomic E-state index is 14.3. The molecule has 0 aliphatic carbocycles. The molecular formula is C28H26BrCl2N7O6S. The first-order valence-corrected chi connectivity index (χ1v) is 16.8. The van der Waals surface area contributed by atoms with E-state index >= 15 is 0 Å². The molecule has 2 aromatic carbocycles. The third-order valence-electron chi connectivity index (χ3n) is 8.04. The Morgan fingerprint density at radius 3 is 2.31 bits per heavy atom. The summed E-state index contributed by atoms with van der Waals surface area (Å²) in [6, 6.07) is 10.2. The molecule has 236 valence electrons. The van der Waals surface area contributed by atoms with Crippen molar-refractivity contribution in [1.29, 1.82) is 0 Å². The van der Waals surface area contributed by atoms with Crippen molar-refractivity contribution in [2.45, 2.75) is 36.4 Å². The van der Waals surface area contributed by atoms with Gasteiger partial charge in [-0.2, -0.15) is 4.31 Å². The van der Waals surface area contributed by atoms with Crippen molar-refractivity contribution in [2.75, 3.05) is 31.1 Å². The Kier molecular flexibility index (Phi) is 8.18. The maximum absolute atomic E-state index is 14.3. The van der Waals surface area contributed by atoms with Gasteiger partial charge in [-0.1, -0.05) is 51.3 Å². The predicted octanol–water partition coefficient (Wildman–Crippen LogP) is 3.02. The number of carbonyl (C=O) groups excluding carboxylic acids is 4. The number of imide groups is 1. The number of benzene rings is 2. The molecule has 45 heavy (non-hydrogen) atoms. The standard InChI is InChI=1S/C28H26BrCl2N7O6S/c1-28(14-16-2-4-17(29)5-3-16)25(41)37(20-11-18(30)10-19(31)12-20)27-32-15-23(38(27)28)45(43,44)36-8-6-35(7-9-36)24(40)21-13-22(39)34-26(42)33-21/h2-5,10-12,15,21H,6-9,13-14H2,1H3,(H2,33,34,39,42)/t21?,28-/m1/s1. The van der Waals surface area contributed by atoms with Gasteiger partial charge >= 0.3 is 6.03 Å². The van der Waals surface area contributed by atoms with Crippen LogP contribution in [0.3, 0.4) is 0 Å². The summed E-state index contributed by atoms with van der Waals surface area (Å²) in [7, 11) is -4.23. The summed E-state index contributed by atoms with van der Waals surface area (Å²) < 4.78 is 31.9. The van der Waals surface area contributed by atoms with Crippen molar-refractivity contribution in [3.63, 3.8) is 0 Å². The Balaban J connectivity index is 1.33. The number of rotatable bonds is 6. The smallest absolute Gasteiger partial charge is 0.322 e. The monoisotopic (exact) mass is 737 g/mol. The van der Waals surface area contributed by atoms with Gasteiger partial charge in [0.25, 0.3) is 15.9 Å². The lowest BCUT2D eigenvalue weighted by atomic mass is 9.92. The van der Waals surface area contributed by atoms with Crippen LogP contribution in [0, 0.1) is 0 Å². The number of hydrogen-bond acceptors (Lipinski definition) is 7. The molecule has 17 heteroatoms. The molecule has 4 heterocycles. The maximum Gasteiger partial charge on any atom is 0.322 e. The summed E-state index contributed by atoms with van der Waals surface area (Å²) in [5.41, 5.74) is -0.281. The quantitative estimate of drug-likeness (QED) is 0.394. The van der Waals surface area contributed by atoms with E-state index in [-0.39, 0.29) is 50.0 Å². The first-order chi connectivity index (χ1) is 21.3. The molecule has 3 aliphatic rings. The minimum absolute atomic E-state index is 0.0370. The van der Waals surface area contributed by atoms with Crippen LogP contribution in [0.1, 0.15) is 18.9 Å². The first-order valence-electron chi connectivity index (χ1n) is 13.8. The molecule has 2 atom stereocenters. The molecule has 5 amide bonds. The number of imidazole rings is 1. The molecule has 2 saturated heterocycles. The minimum atomic E-state index is -4.23. The molecule has 0 spiro atoms. The minimum Gasteiger partial charge on any atom is -0.338 e. The zero-order valence-electron chi connectivity index (χ0n) is 23.7. The van der Waals surface area contributed by atoms with E-state index in [1.807, 2.05) is 24.3 Å². The molecule has 0 bridgehead atoms. The van der Waals surface area contributed by atoms with Crippen LogP contribution in [0.25, 0.3) is 0 Å². The highest BCUT2D eigenvalue weighted by Crippen LogP contribution is 2.45. The Morgan fingerprint density at radius 1 is 1.04 bits per heavy atom. The van der Waals surface area contributed by atoms with Gasteiger partial charge in [0, 0.05) is 47.1 Å². The van der Waals surface area contributed by atoms with Crippen LogP contribution in [-0.2, 0) is 36.4 Å². The second-order valence-corrected chi connectivity index (χ2v) is 14.8. The fraction of sp³-hybridized carbons (Fsp3) is 0.321. The summed E-state index contributed by atoms with van der Waals surface area (Å²) in [5.74, 6) is -1.36. The highest BCUT2D eigenvalue weighted by molar-refractivity contribution is 9.10.